The number of alkyl halides is 1. The number of hydrogen-bond donors (Lipinski definition) is 0. The van der Waals surface area contributed by atoms with Gasteiger partial charge >= 0.3 is 0 Å². The first kappa shape index (κ1) is 16.7. The summed E-state index contributed by atoms with van der Waals surface area (Å²) >= 11 is 2.32. The lowest BCUT2D eigenvalue weighted by molar-refractivity contribution is -0.115. The fourth-order valence-corrected chi connectivity index (χ4v) is 4.63. The SMILES string of the molecule is O=C1CCC(CS(=O)(=O)c2ccccc2)=C1CCCCI. The summed E-state index contributed by atoms with van der Waals surface area (Å²) in [6.07, 6.45) is 3.82. The molecule has 0 heterocycles. The molecule has 1 aliphatic rings. The Bertz CT molecular complexity index is 633. The van der Waals surface area contributed by atoms with Crippen LogP contribution in [0.25, 0.3) is 0 Å². The Morgan fingerprint density at radius 1 is 1.05 bits per heavy atom. The van der Waals surface area contributed by atoms with Crippen LogP contribution < -0.4 is 0 Å². The van der Waals surface area contributed by atoms with Crippen molar-refractivity contribution in [2.24, 2.45) is 0 Å². The lowest BCUT2D eigenvalue weighted by Crippen LogP contribution is -2.10. The van der Waals surface area contributed by atoms with Crippen LogP contribution in [0, 0.1) is 0 Å². The number of rotatable bonds is 7. The van der Waals surface area contributed by atoms with Gasteiger partial charge in [0.05, 0.1) is 10.6 Å². The molecule has 21 heavy (non-hydrogen) atoms. The highest BCUT2D eigenvalue weighted by molar-refractivity contribution is 14.1. The topological polar surface area (TPSA) is 51.2 Å². The molecule has 0 spiro atoms. The van der Waals surface area contributed by atoms with Crippen LogP contribution in [-0.4, -0.2) is 24.4 Å². The molecule has 114 valence electrons. The summed E-state index contributed by atoms with van der Waals surface area (Å²) in [7, 11) is -3.34. The van der Waals surface area contributed by atoms with E-state index in [1.807, 2.05) is 0 Å². The van der Waals surface area contributed by atoms with Crippen LogP contribution in [0.5, 0.6) is 0 Å². The van der Waals surface area contributed by atoms with E-state index in [-0.39, 0.29) is 11.5 Å². The van der Waals surface area contributed by atoms with Gasteiger partial charge in [-0.15, -0.1) is 0 Å². The highest BCUT2D eigenvalue weighted by Crippen LogP contribution is 2.29. The Morgan fingerprint density at radius 2 is 1.76 bits per heavy atom. The first-order chi connectivity index (χ1) is 10.0. The van der Waals surface area contributed by atoms with Crippen LogP contribution in [0.4, 0.5) is 0 Å². The molecule has 0 saturated heterocycles. The average Bonchev–Trinajstić information content (AvgIpc) is 2.81. The monoisotopic (exact) mass is 418 g/mol. The molecule has 1 aromatic carbocycles. The van der Waals surface area contributed by atoms with E-state index in [4.69, 9.17) is 0 Å². The van der Waals surface area contributed by atoms with Crippen molar-refractivity contribution in [3.63, 3.8) is 0 Å². The number of sulfone groups is 1. The summed E-state index contributed by atoms with van der Waals surface area (Å²) in [6, 6.07) is 8.47. The molecule has 2 rings (SSSR count). The van der Waals surface area contributed by atoms with Gasteiger partial charge in [-0.25, -0.2) is 8.42 Å². The van der Waals surface area contributed by atoms with Crippen molar-refractivity contribution in [2.45, 2.75) is 37.0 Å². The van der Waals surface area contributed by atoms with Crippen molar-refractivity contribution >= 4 is 38.2 Å². The maximum atomic E-state index is 12.4. The molecule has 0 radical (unpaired) electrons. The number of carbonyl (C=O) groups is 1. The Kier molecular flexibility index (Phi) is 5.98. The first-order valence-corrected chi connectivity index (χ1v) is 10.3. The number of allylic oxidation sites excluding steroid dienone is 1. The van der Waals surface area contributed by atoms with E-state index in [9.17, 15) is 13.2 Å². The van der Waals surface area contributed by atoms with E-state index in [0.29, 0.717) is 17.7 Å². The fourth-order valence-electron chi connectivity index (χ4n) is 2.58. The smallest absolute Gasteiger partial charge is 0.182 e. The Balaban J connectivity index is 2.18. The molecule has 1 aromatic rings. The molecule has 0 unspecified atom stereocenters. The van der Waals surface area contributed by atoms with Gasteiger partial charge in [-0.05, 0) is 53.4 Å². The third kappa shape index (κ3) is 4.39. The molecule has 1 aliphatic carbocycles. The third-order valence-electron chi connectivity index (χ3n) is 3.69. The second-order valence-electron chi connectivity index (χ2n) is 5.22. The predicted octanol–water partition coefficient (Wildman–Crippen LogP) is 3.73. The summed E-state index contributed by atoms with van der Waals surface area (Å²) < 4.78 is 25.9. The number of halogens is 1. The van der Waals surface area contributed by atoms with Gasteiger partial charge in [-0.2, -0.15) is 0 Å². The summed E-state index contributed by atoms with van der Waals surface area (Å²) in [5.74, 6) is 0.129. The molecule has 0 fully saturated rings. The first-order valence-electron chi connectivity index (χ1n) is 7.12. The van der Waals surface area contributed by atoms with Crippen LogP contribution in [0.3, 0.4) is 0 Å². The van der Waals surface area contributed by atoms with E-state index in [1.54, 1.807) is 30.3 Å². The molecule has 0 N–H and O–H groups in total. The average molecular weight is 418 g/mol. The van der Waals surface area contributed by atoms with Crippen molar-refractivity contribution in [1.29, 1.82) is 0 Å². The zero-order valence-corrected chi connectivity index (χ0v) is 14.8. The molecular formula is C16H19IO3S. The van der Waals surface area contributed by atoms with Gasteiger partial charge in [-0.1, -0.05) is 40.8 Å². The Labute approximate surface area is 139 Å². The van der Waals surface area contributed by atoms with Crippen LogP contribution in [0.2, 0.25) is 0 Å². The number of carbonyl (C=O) groups excluding carboxylic acids is 1. The Morgan fingerprint density at radius 3 is 2.43 bits per heavy atom. The van der Waals surface area contributed by atoms with Gasteiger partial charge in [-0.3, -0.25) is 4.79 Å². The molecule has 0 bridgehead atoms. The third-order valence-corrected chi connectivity index (χ3v) is 6.18. The number of unbranched alkanes of at least 4 members (excludes halogenated alkanes) is 1. The van der Waals surface area contributed by atoms with Crippen molar-refractivity contribution < 1.29 is 13.2 Å². The van der Waals surface area contributed by atoms with Gasteiger partial charge < -0.3 is 0 Å². The number of ketones is 1. The molecule has 0 saturated carbocycles. The largest absolute Gasteiger partial charge is 0.295 e. The minimum atomic E-state index is -3.34. The summed E-state index contributed by atoms with van der Waals surface area (Å²) in [5, 5.41) is 0. The summed E-state index contributed by atoms with van der Waals surface area (Å²) in [5.41, 5.74) is 1.61. The minimum absolute atomic E-state index is 0.0116. The Hall–Kier alpha value is -0.690. The minimum Gasteiger partial charge on any atom is -0.295 e. The molecular weight excluding hydrogens is 399 g/mol. The number of hydrogen-bond acceptors (Lipinski definition) is 3. The lowest BCUT2D eigenvalue weighted by atomic mass is 10.1. The van der Waals surface area contributed by atoms with Gasteiger partial charge in [0.1, 0.15) is 0 Å². The second-order valence-corrected chi connectivity index (χ2v) is 8.29. The van der Waals surface area contributed by atoms with Gasteiger partial charge in [0.25, 0.3) is 0 Å². The van der Waals surface area contributed by atoms with Crippen LogP contribution in [0.1, 0.15) is 32.1 Å². The van der Waals surface area contributed by atoms with Crippen molar-refractivity contribution in [2.75, 3.05) is 10.2 Å². The molecule has 3 nitrogen and oxygen atoms in total. The van der Waals surface area contributed by atoms with E-state index in [2.05, 4.69) is 22.6 Å². The number of Topliss-reactive ketones (excluding diaryl/α,β-unsaturated/α-hetero) is 1. The highest BCUT2D eigenvalue weighted by atomic mass is 127. The van der Waals surface area contributed by atoms with Crippen LogP contribution >= 0.6 is 22.6 Å². The van der Waals surface area contributed by atoms with E-state index in [1.165, 1.54) is 0 Å². The maximum Gasteiger partial charge on any atom is 0.182 e. The second kappa shape index (κ2) is 7.54. The van der Waals surface area contributed by atoms with Crippen molar-refractivity contribution in [3.8, 4) is 0 Å². The zero-order chi connectivity index (χ0) is 15.3. The quantitative estimate of drug-likeness (QED) is 0.385. The molecule has 0 amide bonds. The van der Waals surface area contributed by atoms with Crippen LogP contribution in [0.15, 0.2) is 46.4 Å². The van der Waals surface area contributed by atoms with Gasteiger partial charge in [0.2, 0.25) is 0 Å². The summed E-state index contributed by atoms with van der Waals surface area (Å²) in [4.78, 5) is 12.3. The lowest BCUT2D eigenvalue weighted by Gasteiger charge is -2.08. The standard InChI is InChI=1S/C16H19IO3S/c17-11-5-4-8-15-13(9-10-16(15)18)12-21(19,20)14-6-2-1-3-7-14/h1-3,6-7H,4-5,8-12H2. The maximum absolute atomic E-state index is 12.4. The molecule has 5 heteroatoms. The summed E-state index contributed by atoms with van der Waals surface area (Å²) in [6.45, 7) is 0. The fraction of sp³-hybridized carbons (Fsp3) is 0.438. The highest BCUT2D eigenvalue weighted by Gasteiger charge is 2.26. The van der Waals surface area contributed by atoms with Crippen LogP contribution in [-0.2, 0) is 14.6 Å². The van der Waals surface area contributed by atoms with Gasteiger partial charge in [0, 0.05) is 6.42 Å². The van der Waals surface area contributed by atoms with Gasteiger partial charge in [0.15, 0.2) is 15.6 Å². The molecule has 0 atom stereocenters. The van der Waals surface area contributed by atoms with Crippen molar-refractivity contribution in [3.05, 3.63) is 41.5 Å². The normalized spacial score (nSPS) is 15.8. The predicted molar refractivity (Wildman–Crippen MR) is 92.5 cm³/mol. The van der Waals surface area contributed by atoms with Crippen molar-refractivity contribution in [1.82, 2.24) is 0 Å². The van der Waals surface area contributed by atoms with E-state index < -0.39 is 9.84 Å². The van der Waals surface area contributed by atoms with E-state index in [0.717, 1.165) is 34.8 Å². The zero-order valence-electron chi connectivity index (χ0n) is 11.8. The molecule has 0 aliphatic heterocycles. The number of benzene rings is 1. The molecule has 0 aromatic heterocycles. The van der Waals surface area contributed by atoms with E-state index >= 15 is 0 Å².